The van der Waals surface area contributed by atoms with E-state index in [-0.39, 0.29) is 23.1 Å². The van der Waals surface area contributed by atoms with Crippen molar-refractivity contribution in [2.45, 2.75) is 58.8 Å². The summed E-state index contributed by atoms with van der Waals surface area (Å²) < 4.78 is 0. The second-order valence-electron chi connectivity index (χ2n) is 9.82. The summed E-state index contributed by atoms with van der Waals surface area (Å²) in [5, 5.41) is 9.13. The van der Waals surface area contributed by atoms with Crippen molar-refractivity contribution in [3.05, 3.63) is 24.3 Å². The summed E-state index contributed by atoms with van der Waals surface area (Å²) in [4.78, 5) is 24.6. The van der Waals surface area contributed by atoms with Gasteiger partial charge in [0.05, 0.1) is 0 Å². The fourth-order valence-corrected chi connectivity index (χ4v) is 6.37. The van der Waals surface area contributed by atoms with Crippen molar-refractivity contribution in [1.29, 1.82) is 0 Å². The molecule has 6 heteroatoms. The standard InChI is InChI=1S/C23H31N3O2S/c1-14(2)21(28)24-18-4-3-5-19(9-18)25-22(29)26-20(27)13-23-10-15-6-16(11-23)8-17(7-15)12-23/h3-5,9,14-17H,6-8,10-13H2,1-2H3,(H,24,28)(H2,25,26,27,29). The summed E-state index contributed by atoms with van der Waals surface area (Å²) in [7, 11) is 0. The van der Waals surface area contributed by atoms with Gasteiger partial charge in [0.1, 0.15) is 0 Å². The molecule has 1 aromatic rings. The lowest BCUT2D eigenvalue weighted by Gasteiger charge is -2.56. The van der Waals surface area contributed by atoms with Crippen molar-refractivity contribution in [3.8, 4) is 0 Å². The van der Waals surface area contributed by atoms with Gasteiger partial charge in [0, 0.05) is 23.7 Å². The van der Waals surface area contributed by atoms with Gasteiger partial charge < -0.3 is 16.0 Å². The molecule has 4 saturated carbocycles. The maximum absolute atomic E-state index is 12.7. The summed E-state index contributed by atoms with van der Waals surface area (Å²) in [6.07, 6.45) is 8.36. The Hall–Kier alpha value is -1.95. The number of anilines is 2. The first kappa shape index (κ1) is 20.3. The van der Waals surface area contributed by atoms with Gasteiger partial charge in [-0.05, 0) is 92.1 Å². The number of hydrogen-bond donors (Lipinski definition) is 3. The Balaban J connectivity index is 1.31. The minimum Gasteiger partial charge on any atom is -0.332 e. The van der Waals surface area contributed by atoms with E-state index in [1.54, 1.807) is 0 Å². The summed E-state index contributed by atoms with van der Waals surface area (Å²) in [5.74, 6) is 2.41. The van der Waals surface area contributed by atoms with Gasteiger partial charge in [0.25, 0.3) is 0 Å². The average molecular weight is 414 g/mol. The predicted octanol–water partition coefficient (Wildman–Crippen LogP) is 4.70. The van der Waals surface area contributed by atoms with E-state index in [1.165, 1.54) is 38.5 Å². The number of carbonyl (C=O) groups excluding carboxylic acids is 2. The Morgan fingerprint density at radius 2 is 1.59 bits per heavy atom. The monoisotopic (exact) mass is 413 g/mol. The highest BCUT2D eigenvalue weighted by molar-refractivity contribution is 7.80. The predicted molar refractivity (Wildman–Crippen MR) is 119 cm³/mol. The molecule has 4 aliphatic rings. The molecule has 0 unspecified atom stereocenters. The summed E-state index contributed by atoms with van der Waals surface area (Å²) in [5.41, 5.74) is 1.65. The largest absolute Gasteiger partial charge is 0.332 e. The van der Waals surface area contributed by atoms with Crippen molar-refractivity contribution >= 4 is 40.5 Å². The van der Waals surface area contributed by atoms with Gasteiger partial charge in [-0.25, -0.2) is 0 Å². The first-order valence-corrected chi connectivity index (χ1v) is 11.2. The Kier molecular flexibility index (Phi) is 5.65. The smallest absolute Gasteiger partial charge is 0.226 e. The van der Waals surface area contributed by atoms with Crippen LogP contribution in [0.15, 0.2) is 24.3 Å². The zero-order chi connectivity index (χ0) is 20.6. The third kappa shape index (κ3) is 4.80. The third-order valence-electron chi connectivity index (χ3n) is 6.87. The molecule has 4 fully saturated rings. The number of thiocarbonyl (C=S) groups is 1. The van der Waals surface area contributed by atoms with E-state index in [1.807, 2.05) is 38.1 Å². The lowest BCUT2D eigenvalue weighted by Crippen LogP contribution is -2.48. The fraction of sp³-hybridized carbons (Fsp3) is 0.609. The molecule has 0 aromatic heterocycles. The zero-order valence-electron chi connectivity index (χ0n) is 17.3. The van der Waals surface area contributed by atoms with Crippen molar-refractivity contribution in [2.75, 3.05) is 10.6 Å². The average Bonchev–Trinajstić information content (AvgIpc) is 2.59. The highest BCUT2D eigenvalue weighted by Crippen LogP contribution is 2.61. The number of carbonyl (C=O) groups is 2. The number of hydrogen-bond acceptors (Lipinski definition) is 3. The molecule has 156 valence electrons. The molecule has 0 aliphatic heterocycles. The van der Waals surface area contributed by atoms with Crippen molar-refractivity contribution in [2.24, 2.45) is 29.1 Å². The summed E-state index contributed by atoms with van der Waals surface area (Å²) >= 11 is 5.36. The van der Waals surface area contributed by atoms with Gasteiger partial charge in [-0.15, -0.1) is 0 Å². The minimum absolute atomic E-state index is 0.0220. The summed E-state index contributed by atoms with van der Waals surface area (Å²) in [6, 6.07) is 7.36. The first-order valence-electron chi connectivity index (χ1n) is 10.8. The normalized spacial score (nSPS) is 29.6. The van der Waals surface area contributed by atoms with Crippen LogP contribution in [-0.2, 0) is 9.59 Å². The molecule has 0 radical (unpaired) electrons. The molecule has 2 amide bonds. The maximum Gasteiger partial charge on any atom is 0.226 e. The van der Waals surface area contributed by atoms with Gasteiger partial charge in [-0.2, -0.15) is 0 Å². The topological polar surface area (TPSA) is 70.2 Å². The number of rotatable bonds is 5. The summed E-state index contributed by atoms with van der Waals surface area (Å²) in [6.45, 7) is 3.71. The van der Waals surface area contributed by atoms with E-state index in [0.29, 0.717) is 17.2 Å². The van der Waals surface area contributed by atoms with Gasteiger partial charge >= 0.3 is 0 Å². The molecule has 0 heterocycles. The van der Waals surface area contributed by atoms with Crippen molar-refractivity contribution in [3.63, 3.8) is 0 Å². The highest BCUT2D eigenvalue weighted by Gasteiger charge is 2.51. The van der Waals surface area contributed by atoms with E-state index >= 15 is 0 Å². The molecule has 4 bridgehead atoms. The molecule has 0 saturated heterocycles. The fourth-order valence-electron chi connectivity index (χ4n) is 6.14. The van der Waals surface area contributed by atoms with Crippen molar-refractivity contribution < 1.29 is 9.59 Å². The van der Waals surface area contributed by atoms with Crippen LogP contribution in [0.2, 0.25) is 0 Å². The van der Waals surface area contributed by atoms with Crippen LogP contribution in [0.25, 0.3) is 0 Å². The number of amides is 2. The molecular formula is C23H31N3O2S. The van der Waals surface area contributed by atoms with Crippen LogP contribution in [0.3, 0.4) is 0 Å². The van der Waals surface area contributed by atoms with E-state index < -0.39 is 0 Å². The molecular weight excluding hydrogens is 382 g/mol. The Labute approximate surface area is 178 Å². The Bertz CT molecular complexity index is 785. The molecule has 1 aromatic carbocycles. The van der Waals surface area contributed by atoms with Crippen LogP contribution in [0.5, 0.6) is 0 Å². The second kappa shape index (κ2) is 8.05. The molecule has 0 atom stereocenters. The lowest BCUT2D eigenvalue weighted by molar-refractivity contribution is -0.128. The molecule has 29 heavy (non-hydrogen) atoms. The Morgan fingerprint density at radius 3 is 2.14 bits per heavy atom. The molecule has 5 rings (SSSR count). The maximum atomic E-state index is 12.7. The molecule has 4 aliphatic carbocycles. The van der Waals surface area contributed by atoms with Crippen LogP contribution >= 0.6 is 12.2 Å². The van der Waals surface area contributed by atoms with Gasteiger partial charge in [-0.1, -0.05) is 19.9 Å². The van der Waals surface area contributed by atoms with Crippen LogP contribution < -0.4 is 16.0 Å². The number of benzene rings is 1. The molecule has 0 spiro atoms. The van der Waals surface area contributed by atoms with E-state index in [4.69, 9.17) is 12.2 Å². The second-order valence-corrected chi connectivity index (χ2v) is 10.2. The zero-order valence-corrected chi connectivity index (χ0v) is 18.1. The molecule has 3 N–H and O–H groups in total. The quantitative estimate of drug-likeness (QED) is 0.612. The molecule has 5 nitrogen and oxygen atoms in total. The third-order valence-corrected chi connectivity index (χ3v) is 7.07. The minimum atomic E-state index is -0.0865. The van der Waals surface area contributed by atoms with E-state index in [0.717, 1.165) is 23.4 Å². The van der Waals surface area contributed by atoms with E-state index in [9.17, 15) is 9.59 Å². The highest BCUT2D eigenvalue weighted by atomic mass is 32.1. The lowest BCUT2D eigenvalue weighted by atomic mass is 9.49. The van der Waals surface area contributed by atoms with Crippen LogP contribution in [0, 0.1) is 29.1 Å². The Morgan fingerprint density at radius 1 is 1.03 bits per heavy atom. The van der Waals surface area contributed by atoms with Crippen LogP contribution in [0.4, 0.5) is 11.4 Å². The van der Waals surface area contributed by atoms with E-state index in [2.05, 4.69) is 16.0 Å². The van der Waals surface area contributed by atoms with Crippen molar-refractivity contribution in [1.82, 2.24) is 5.32 Å². The SMILES string of the molecule is CC(C)C(=O)Nc1cccc(NC(=S)NC(=O)CC23CC4CC(CC(C4)C2)C3)c1. The van der Waals surface area contributed by atoms with Gasteiger partial charge in [-0.3, -0.25) is 9.59 Å². The first-order chi connectivity index (χ1) is 13.8. The van der Waals surface area contributed by atoms with Gasteiger partial charge in [0.2, 0.25) is 11.8 Å². The number of nitrogens with one attached hydrogen (secondary N) is 3. The van der Waals surface area contributed by atoms with Crippen LogP contribution in [-0.4, -0.2) is 16.9 Å². The van der Waals surface area contributed by atoms with Gasteiger partial charge in [0.15, 0.2) is 5.11 Å². The van der Waals surface area contributed by atoms with Crippen LogP contribution in [0.1, 0.15) is 58.8 Å².